The van der Waals surface area contributed by atoms with E-state index in [1.165, 1.54) is 0 Å². The van der Waals surface area contributed by atoms with Gasteiger partial charge in [-0.15, -0.1) is 0 Å². The average molecular weight is 200 g/mol. The van der Waals surface area contributed by atoms with Gasteiger partial charge in [0.25, 0.3) is 0 Å². The summed E-state index contributed by atoms with van der Waals surface area (Å²) in [5, 5.41) is 9.01. The number of hydrogen-bond acceptors (Lipinski definition) is 3. The SMILES string of the molecule is CC1CC1C(=O)C(C#N)c1cccnc1. The first kappa shape index (κ1) is 9.85. The van der Waals surface area contributed by atoms with Crippen molar-refractivity contribution in [3.05, 3.63) is 30.1 Å². The molecule has 15 heavy (non-hydrogen) atoms. The summed E-state index contributed by atoms with van der Waals surface area (Å²) in [6.45, 7) is 2.04. The van der Waals surface area contributed by atoms with Crippen LogP contribution in [0.1, 0.15) is 24.8 Å². The largest absolute Gasteiger partial charge is 0.298 e. The van der Waals surface area contributed by atoms with Gasteiger partial charge in [0.1, 0.15) is 5.92 Å². The number of rotatable bonds is 3. The number of ketones is 1. The second-order valence-corrected chi connectivity index (χ2v) is 4.07. The Balaban J connectivity index is 2.19. The summed E-state index contributed by atoms with van der Waals surface area (Å²) >= 11 is 0. The standard InChI is InChI=1S/C12H12N2O/c1-8-5-10(8)12(15)11(6-13)9-3-2-4-14-7-9/h2-4,7-8,10-11H,5H2,1H3. The lowest BCUT2D eigenvalue weighted by atomic mass is 9.94. The van der Waals surface area contributed by atoms with E-state index in [0.717, 1.165) is 6.42 Å². The highest BCUT2D eigenvalue weighted by Crippen LogP contribution is 2.41. The summed E-state index contributed by atoms with van der Waals surface area (Å²) in [4.78, 5) is 15.8. The predicted molar refractivity (Wildman–Crippen MR) is 54.9 cm³/mol. The molecule has 1 aliphatic carbocycles. The number of carbonyl (C=O) groups excluding carboxylic acids is 1. The molecule has 0 aliphatic heterocycles. The molecule has 1 fully saturated rings. The molecule has 3 atom stereocenters. The van der Waals surface area contributed by atoms with Gasteiger partial charge in [-0.05, 0) is 24.0 Å². The van der Waals surface area contributed by atoms with Crippen molar-refractivity contribution in [1.29, 1.82) is 5.26 Å². The fourth-order valence-electron chi connectivity index (χ4n) is 1.78. The van der Waals surface area contributed by atoms with E-state index in [4.69, 9.17) is 5.26 Å². The minimum atomic E-state index is -0.631. The maximum atomic E-state index is 11.9. The maximum absolute atomic E-state index is 11.9. The van der Waals surface area contributed by atoms with E-state index in [1.807, 2.05) is 6.92 Å². The molecule has 2 rings (SSSR count). The van der Waals surface area contributed by atoms with Crippen LogP contribution in [-0.4, -0.2) is 10.8 Å². The van der Waals surface area contributed by atoms with Crippen LogP contribution in [0.15, 0.2) is 24.5 Å². The van der Waals surface area contributed by atoms with E-state index in [-0.39, 0.29) is 11.7 Å². The third kappa shape index (κ3) is 1.89. The molecule has 0 aromatic carbocycles. The van der Waals surface area contributed by atoms with Crippen LogP contribution in [0.4, 0.5) is 0 Å². The second kappa shape index (κ2) is 3.82. The second-order valence-electron chi connectivity index (χ2n) is 4.07. The number of pyridine rings is 1. The van der Waals surface area contributed by atoms with Gasteiger partial charge < -0.3 is 0 Å². The average Bonchev–Trinajstić information content (AvgIpc) is 2.98. The van der Waals surface area contributed by atoms with Crippen LogP contribution in [0.5, 0.6) is 0 Å². The van der Waals surface area contributed by atoms with Gasteiger partial charge >= 0.3 is 0 Å². The van der Waals surface area contributed by atoms with E-state index in [0.29, 0.717) is 11.5 Å². The minimum absolute atomic E-state index is 0.0537. The fourth-order valence-corrected chi connectivity index (χ4v) is 1.78. The van der Waals surface area contributed by atoms with Crippen LogP contribution in [0, 0.1) is 23.2 Å². The Bertz CT molecular complexity index is 407. The van der Waals surface area contributed by atoms with Gasteiger partial charge in [-0.3, -0.25) is 9.78 Å². The molecule has 1 aromatic rings. The van der Waals surface area contributed by atoms with Gasteiger partial charge in [-0.25, -0.2) is 0 Å². The Morgan fingerprint density at radius 3 is 2.93 bits per heavy atom. The van der Waals surface area contributed by atoms with Gasteiger partial charge in [-0.1, -0.05) is 13.0 Å². The van der Waals surface area contributed by atoms with Crippen molar-refractivity contribution in [2.45, 2.75) is 19.3 Å². The van der Waals surface area contributed by atoms with Crippen LogP contribution < -0.4 is 0 Å². The molecule has 1 aliphatic rings. The first-order valence-corrected chi connectivity index (χ1v) is 5.07. The van der Waals surface area contributed by atoms with Crippen LogP contribution in [-0.2, 0) is 4.79 Å². The number of hydrogen-bond donors (Lipinski definition) is 0. The van der Waals surface area contributed by atoms with E-state index in [1.54, 1.807) is 24.5 Å². The monoisotopic (exact) mass is 200 g/mol. The molecule has 76 valence electrons. The Kier molecular flexibility index (Phi) is 2.51. The normalized spacial score (nSPS) is 25.3. The molecule has 1 saturated carbocycles. The zero-order valence-corrected chi connectivity index (χ0v) is 8.55. The summed E-state index contributed by atoms with van der Waals surface area (Å²) < 4.78 is 0. The van der Waals surface area contributed by atoms with E-state index in [2.05, 4.69) is 11.1 Å². The summed E-state index contributed by atoms with van der Waals surface area (Å²) in [6.07, 6.45) is 4.16. The molecule has 0 amide bonds. The van der Waals surface area contributed by atoms with Crippen molar-refractivity contribution in [2.75, 3.05) is 0 Å². The Labute approximate surface area is 88.8 Å². The first-order chi connectivity index (χ1) is 7.24. The predicted octanol–water partition coefficient (Wildman–Crippen LogP) is 1.91. The lowest BCUT2D eigenvalue weighted by molar-refractivity contribution is -0.120. The van der Waals surface area contributed by atoms with Crippen LogP contribution in [0.2, 0.25) is 0 Å². The third-order valence-electron chi connectivity index (χ3n) is 2.91. The smallest absolute Gasteiger partial charge is 0.157 e. The van der Waals surface area contributed by atoms with Crippen LogP contribution in [0.3, 0.4) is 0 Å². The summed E-state index contributed by atoms with van der Waals surface area (Å²) in [7, 11) is 0. The highest BCUT2D eigenvalue weighted by molar-refractivity contribution is 5.92. The zero-order chi connectivity index (χ0) is 10.8. The van der Waals surface area contributed by atoms with Crippen molar-refractivity contribution in [3.8, 4) is 6.07 Å². The molecule has 3 nitrogen and oxygen atoms in total. The zero-order valence-electron chi connectivity index (χ0n) is 8.55. The molecule has 0 radical (unpaired) electrons. The van der Waals surface area contributed by atoms with Crippen LogP contribution >= 0.6 is 0 Å². The molecular weight excluding hydrogens is 188 g/mol. The van der Waals surface area contributed by atoms with Crippen molar-refractivity contribution in [1.82, 2.24) is 4.98 Å². The molecule has 3 unspecified atom stereocenters. The van der Waals surface area contributed by atoms with E-state index < -0.39 is 5.92 Å². The van der Waals surface area contributed by atoms with Gasteiger partial charge in [0.15, 0.2) is 5.78 Å². The Hall–Kier alpha value is -1.69. The molecular formula is C12H12N2O. The number of carbonyl (C=O) groups is 1. The van der Waals surface area contributed by atoms with Gasteiger partial charge in [0, 0.05) is 18.3 Å². The molecule has 0 saturated heterocycles. The lowest BCUT2D eigenvalue weighted by Crippen LogP contribution is -2.13. The first-order valence-electron chi connectivity index (χ1n) is 5.07. The molecule has 3 heteroatoms. The number of nitrogens with zero attached hydrogens (tertiary/aromatic N) is 2. The van der Waals surface area contributed by atoms with Gasteiger partial charge in [0.2, 0.25) is 0 Å². The number of Topliss-reactive ketones (excluding diaryl/α,β-unsaturated/α-hetero) is 1. The quantitative estimate of drug-likeness (QED) is 0.748. The highest BCUT2D eigenvalue weighted by atomic mass is 16.1. The molecule has 0 spiro atoms. The Morgan fingerprint density at radius 2 is 2.47 bits per heavy atom. The summed E-state index contributed by atoms with van der Waals surface area (Å²) in [5.41, 5.74) is 0.712. The molecule has 1 aromatic heterocycles. The molecule has 0 bridgehead atoms. The maximum Gasteiger partial charge on any atom is 0.157 e. The van der Waals surface area contributed by atoms with E-state index in [9.17, 15) is 4.79 Å². The van der Waals surface area contributed by atoms with Crippen LogP contribution in [0.25, 0.3) is 0 Å². The minimum Gasteiger partial charge on any atom is -0.298 e. The van der Waals surface area contributed by atoms with Crippen molar-refractivity contribution in [3.63, 3.8) is 0 Å². The van der Waals surface area contributed by atoms with Gasteiger partial charge in [0.05, 0.1) is 6.07 Å². The fraction of sp³-hybridized carbons (Fsp3) is 0.417. The Morgan fingerprint density at radius 1 is 1.73 bits per heavy atom. The van der Waals surface area contributed by atoms with Crippen molar-refractivity contribution < 1.29 is 4.79 Å². The topological polar surface area (TPSA) is 53.8 Å². The molecule has 0 N–H and O–H groups in total. The highest BCUT2D eigenvalue weighted by Gasteiger charge is 2.42. The van der Waals surface area contributed by atoms with E-state index >= 15 is 0 Å². The van der Waals surface area contributed by atoms with Gasteiger partial charge in [-0.2, -0.15) is 5.26 Å². The summed E-state index contributed by atoms with van der Waals surface area (Å²) in [6, 6.07) is 5.61. The molecule has 1 heterocycles. The third-order valence-corrected chi connectivity index (χ3v) is 2.91. The lowest BCUT2D eigenvalue weighted by Gasteiger charge is -2.06. The summed E-state index contributed by atoms with van der Waals surface area (Å²) in [5.74, 6) is -0.0356. The van der Waals surface area contributed by atoms with Crippen molar-refractivity contribution in [2.24, 2.45) is 11.8 Å². The van der Waals surface area contributed by atoms with Crippen molar-refractivity contribution >= 4 is 5.78 Å². The number of nitriles is 1. The number of aromatic nitrogens is 1.